The zero-order valence-corrected chi connectivity index (χ0v) is 12.9. The van der Waals surface area contributed by atoms with Crippen LogP contribution < -0.4 is 5.32 Å². The molecule has 0 aliphatic heterocycles. The Kier molecular flexibility index (Phi) is 4.96. The molecule has 1 N–H and O–H groups in total. The minimum absolute atomic E-state index is 0.332. The number of nitrogens with zero attached hydrogens (tertiary/aromatic N) is 2. The molecule has 0 aliphatic carbocycles. The lowest BCUT2D eigenvalue weighted by Crippen LogP contribution is -2.22. The number of hydrogen-bond acceptors (Lipinski definition) is 2. The molecule has 1 atom stereocenters. The van der Waals surface area contributed by atoms with E-state index in [9.17, 15) is 0 Å². The summed E-state index contributed by atoms with van der Waals surface area (Å²) in [7, 11) is 1.96. The van der Waals surface area contributed by atoms with Gasteiger partial charge < -0.3 is 5.32 Å². The number of rotatable bonds is 6. The Labute approximate surface area is 122 Å². The Morgan fingerprint density at radius 1 is 1.15 bits per heavy atom. The molecule has 1 unspecified atom stereocenters. The predicted molar refractivity (Wildman–Crippen MR) is 83.9 cm³/mol. The molecule has 1 aromatic carbocycles. The van der Waals surface area contributed by atoms with Crippen molar-refractivity contribution >= 4 is 0 Å². The second kappa shape index (κ2) is 6.71. The Bertz CT molecular complexity index is 525. The van der Waals surface area contributed by atoms with Gasteiger partial charge in [0.25, 0.3) is 0 Å². The first-order valence-corrected chi connectivity index (χ1v) is 7.41. The largest absolute Gasteiger partial charge is 0.310 e. The summed E-state index contributed by atoms with van der Waals surface area (Å²) >= 11 is 0. The average molecular weight is 271 g/mol. The molecule has 1 heterocycles. The minimum Gasteiger partial charge on any atom is -0.310 e. The highest BCUT2D eigenvalue weighted by Crippen LogP contribution is 2.20. The van der Waals surface area contributed by atoms with Crippen LogP contribution in [0.4, 0.5) is 0 Å². The molecule has 0 radical (unpaired) electrons. The SMILES string of the molecule is CCNC(Cc1ccc(C(C)C)cc1)c1cnn(C)c1. The van der Waals surface area contributed by atoms with Crippen LogP contribution in [0.3, 0.4) is 0 Å². The zero-order valence-electron chi connectivity index (χ0n) is 12.9. The third kappa shape index (κ3) is 3.70. The van der Waals surface area contributed by atoms with Crippen molar-refractivity contribution in [2.24, 2.45) is 7.05 Å². The molecular weight excluding hydrogens is 246 g/mol. The Morgan fingerprint density at radius 2 is 1.85 bits per heavy atom. The monoisotopic (exact) mass is 271 g/mol. The van der Waals surface area contributed by atoms with Crippen molar-refractivity contribution in [2.45, 2.75) is 39.2 Å². The average Bonchev–Trinajstić information content (AvgIpc) is 2.85. The van der Waals surface area contributed by atoms with Crippen molar-refractivity contribution in [1.82, 2.24) is 15.1 Å². The predicted octanol–water partition coefficient (Wildman–Crippen LogP) is 3.44. The fourth-order valence-corrected chi connectivity index (χ4v) is 2.45. The van der Waals surface area contributed by atoms with Crippen LogP contribution in [0.1, 0.15) is 49.4 Å². The van der Waals surface area contributed by atoms with Crippen LogP contribution in [-0.2, 0) is 13.5 Å². The summed E-state index contributed by atoms with van der Waals surface area (Å²) in [6.45, 7) is 7.56. The maximum atomic E-state index is 4.28. The quantitative estimate of drug-likeness (QED) is 0.872. The van der Waals surface area contributed by atoms with Gasteiger partial charge in [-0.25, -0.2) is 0 Å². The van der Waals surface area contributed by atoms with E-state index < -0.39 is 0 Å². The first kappa shape index (κ1) is 14.8. The van der Waals surface area contributed by atoms with Crippen molar-refractivity contribution in [3.63, 3.8) is 0 Å². The molecule has 2 rings (SSSR count). The topological polar surface area (TPSA) is 29.9 Å². The molecule has 3 nitrogen and oxygen atoms in total. The number of nitrogens with one attached hydrogen (secondary N) is 1. The van der Waals surface area contributed by atoms with Crippen LogP contribution in [0.5, 0.6) is 0 Å². The highest BCUT2D eigenvalue weighted by Gasteiger charge is 2.13. The molecule has 0 bridgehead atoms. The van der Waals surface area contributed by atoms with Crippen LogP contribution in [-0.4, -0.2) is 16.3 Å². The number of aryl methyl sites for hydroxylation is 1. The van der Waals surface area contributed by atoms with Gasteiger partial charge in [-0.1, -0.05) is 45.0 Å². The molecule has 1 aromatic heterocycles. The molecule has 0 aliphatic rings. The molecular formula is C17H25N3. The Balaban J connectivity index is 2.11. The number of benzene rings is 1. The second-order valence-electron chi connectivity index (χ2n) is 5.66. The van der Waals surface area contributed by atoms with E-state index in [1.54, 1.807) is 0 Å². The normalized spacial score (nSPS) is 12.8. The van der Waals surface area contributed by atoms with Gasteiger partial charge in [-0.05, 0) is 30.0 Å². The smallest absolute Gasteiger partial charge is 0.0537 e. The van der Waals surface area contributed by atoms with Crippen LogP contribution in [0.25, 0.3) is 0 Å². The van der Waals surface area contributed by atoms with Gasteiger partial charge in [-0.15, -0.1) is 0 Å². The molecule has 0 saturated carbocycles. The van der Waals surface area contributed by atoms with Crippen molar-refractivity contribution in [2.75, 3.05) is 6.54 Å². The van der Waals surface area contributed by atoms with Crippen LogP contribution in [0.2, 0.25) is 0 Å². The van der Waals surface area contributed by atoms with Crippen molar-refractivity contribution in [3.05, 3.63) is 53.3 Å². The maximum Gasteiger partial charge on any atom is 0.0537 e. The fraction of sp³-hybridized carbons (Fsp3) is 0.471. The van der Waals surface area contributed by atoms with Gasteiger partial charge in [0.2, 0.25) is 0 Å². The Morgan fingerprint density at radius 3 is 2.35 bits per heavy atom. The van der Waals surface area contributed by atoms with Gasteiger partial charge in [0, 0.05) is 24.8 Å². The molecule has 0 saturated heterocycles. The van der Waals surface area contributed by atoms with Crippen LogP contribution >= 0.6 is 0 Å². The lowest BCUT2D eigenvalue weighted by Gasteiger charge is -2.17. The molecule has 2 aromatic rings. The summed E-state index contributed by atoms with van der Waals surface area (Å²) < 4.78 is 1.86. The Hall–Kier alpha value is -1.61. The number of likely N-dealkylation sites (N-methyl/N-ethyl adjacent to an activating group) is 1. The summed E-state index contributed by atoms with van der Waals surface area (Å²) in [5, 5.41) is 7.82. The molecule has 20 heavy (non-hydrogen) atoms. The minimum atomic E-state index is 0.332. The van der Waals surface area contributed by atoms with Gasteiger partial charge in [0.05, 0.1) is 6.20 Å². The second-order valence-corrected chi connectivity index (χ2v) is 5.66. The highest BCUT2D eigenvalue weighted by molar-refractivity contribution is 5.26. The van der Waals surface area contributed by atoms with E-state index in [2.05, 4.69) is 61.6 Å². The first-order chi connectivity index (χ1) is 9.60. The summed E-state index contributed by atoms with van der Waals surface area (Å²) in [4.78, 5) is 0. The molecule has 3 heteroatoms. The van der Waals surface area contributed by atoms with Crippen molar-refractivity contribution < 1.29 is 0 Å². The van der Waals surface area contributed by atoms with Gasteiger partial charge >= 0.3 is 0 Å². The maximum absolute atomic E-state index is 4.28. The highest BCUT2D eigenvalue weighted by atomic mass is 15.2. The lowest BCUT2D eigenvalue weighted by atomic mass is 9.97. The molecule has 0 fully saturated rings. The van der Waals surface area contributed by atoms with Gasteiger partial charge in [0.15, 0.2) is 0 Å². The summed E-state index contributed by atoms with van der Waals surface area (Å²) in [6.07, 6.45) is 5.05. The lowest BCUT2D eigenvalue weighted by molar-refractivity contribution is 0.549. The molecule has 108 valence electrons. The van der Waals surface area contributed by atoms with E-state index in [4.69, 9.17) is 0 Å². The molecule has 0 amide bonds. The number of hydrogen-bond donors (Lipinski definition) is 1. The van der Waals surface area contributed by atoms with Crippen LogP contribution in [0, 0.1) is 0 Å². The van der Waals surface area contributed by atoms with E-state index in [1.807, 2.05) is 17.9 Å². The van der Waals surface area contributed by atoms with Gasteiger partial charge in [0.1, 0.15) is 0 Å². The van der Waals surface area contributed by atoms with Crippen molar-refractivity contribution in [1.29, 1.82) is 0 Å². The van der Waals surface area contributed by atoms with Gasteiger partial charge in [-0.2, -0.15) is 5.10 Å². The number of aromatic nitrogens is 2. The first-order valence-electron chi connectivity index (χ1n) is 7.41. The van der Waals surface area contributed by atoms with E-state index >= 15 is 0 Å². The van der Waals surface area contributed by atoms with E-state index in [0.717, 1.165) is 13.0 Å². The third-order valence-electron chi connectivity index (χ3n) is 3.66. The zero-order chi connectivity index (χ0) is 14.5. The van der Waals surface area contributed by atoms with Gasteiger partial charge in [-0.3, -0.25) is 4.68 Å². The molecule has 0 spiro atoms. The summed E-state index contributed by atoms with van der Waals surface area (Å²) in [5.41, 5.74) is 4.02. The summed E-state index contributed by atoms with van der Waals surface area (Å²) in [5.74, 6) is 0.590. The van der Waals surface area contributed by atoms with E-state index in [-0.39, 0.29) is 0 Å². The van der Waals surface area contributed by atoms with Crippen LogP contribution in [0.15, 0.2) is 36.7 Å². The third-order valence-corrected chi connectivity index (χ3v) is 3.66. The van der Waals surface area contributed by atoms with E-state index in [1.165, 1.54) is 16.7 Å². The standard InChI is InChI=1S/C17H25N3/c1-5-18-17(16-11-19-20(4)12-16)10-14-6-8-15(9-7-14)13(2)3/h6-9,11-13,17-18H,5,10H2,1-4H3. The fourth-order valence-electron chi connectivity index (χ4n) is 2.45. The van der Waals surface area contributed by atoms with E-state index in [0.29, 0.717) is 12.0 Å². The summed E-state index contributed by atoms with van der Waals surface area (Å²) in [6, 6.07) is 9.31. The van der Waals surface area contributed by atoms with Crippen molar-refractivity contribution in [3.8, 4) is 0 Å².